The highest BCUT2D eigenvalue weighted by Crippen LogP contribution is 2.23. The van der Waals surface area contributed by atoms with Crippen molar-refractivity contribution in [1.29, 1.82) is 0 Å². The van der Waals surface area contributed by atoms with E-state index in [4.69, 9.17) is 0 Å². The lowest BCUT2D eigenvalue weighted by molar-refractivity contribution is 0.170. The molecule has 1 fully saturated rings. The molecule has 0 aromatic heterocycles. The van der Waals surface area contributed by atoms with Gasteiger partial charge in [-0.2, -0.15) is 0 Å². The third-order valence-electron chi connectivity index (χ3n) is 3.65. The van der Waals surface area contributed by atoms with Crippen LogP contribution in [-0.2, 0) is 0 Å². The fourth-order valence-electron chi connectivity index (χ4n) is 2.64. The van der Waals surface area contributed by atoms with Crippen LogP contribution in [0.2, 0.25) is 0 Å². The van der Waals surface area contributed by atoms with Crippen LogP contribution in [0.25, 0.3) is 0 Å². The molecule has 84 valence electrons. The Morgan fingerprint density at radius 1 is 1.43 bits per heavy atom. The lowest BCUT2D eigenvalue weighted by Crippen LogP contribution is -2.40. The summed E-state index contributed by atoms with van der Waals surface area (Å²) in [5.74, 6) is 0. The Kier molecular flexibility index (Phi) is 4.90. The van der Waals surface area contributed by atoms with Gasteiger partial charge in [0.05, 0.1) is 0 Å². The zero-order valence-corrected chi connectivity index (χ0v) is 10.2. The molecule has 0 aromatic carbocycles. The van der Waals surface area contributed by atoms with E-state index < -0.39 is 0 Å². The van der Waals surface area contributed by atoms with Crippen LogP contribution in [0.5, 0.6) is 0 Å². The Hall–Kier alpha value is -0.0800. The molecule has 0 aromatic rings. The maximum atomic E-state index is 3.33. The first-order chi connectivity index (χ1) is 6.69. The largest absolute Gasteiger partial charge is 0.317 e. The second kappa shape index (κ2) is 5.72. The number of likely N-dealkylation sites (tertiary alicyclic amines) is 1. The van der Waals surface area contributed by atoms with E-state index in [1.165, 1.54) is 32.2 Å². The van der Waals surface area contributed by atoms with E-state index in [1.54, 1.807) is 0 Å². The number of hydrogen-bond donors (Lipinski definition) is 1. The second-order valence-electron chi connectivity index (χ2n) is 4.72. The molecular formula is C12H26N2. The van der Waals surface area contributed by atoms with Gasteiger partial charge in [-0.1, -0.05) is 6.92 Å². The summed E-state index contributed by atoms with van der Waals surface area (Å²) in [7, 11) is 2.05. The SMILES string of the molecule is CCC1CCCN1C(C)CC(C)NC. The average Bonchev–Trinajstić information content (AvgIpc) is 2.65. The van der Waals surface area contributed by atoms with Crippen molar-refractivity contribution in [2.24, 2.45) is 0 Å². The highest BCUT2D eigenvalue weighted by atomic mass is 15.2. The molecule has 1 rings (SSSR count). The van der Waals surface area contributed by atoms with Gasteiger partial charge < -0.3 is 5.32 Å². The molecular weight excluding hydrogens is 172 g/mol. The molecule has 0 amide bonds. The minimum absolute atomic E-state index is 0.642. The Morgan fingerprint density at radius 3 is 2.71 bits per heavy atom. The molecule has 0 aliphatic carbocycles. The molecule has 3 atom stereocenters. The summed E-state index contributed by atoms with van der Waals surface area (Å²) in [6, 6.07) is 2.24. The Morgan fingerprint density at radius 2 is 2.14 bits per heavy atom. The first kappa shape index (κ1) is 12.0. The highest BCUT2D eigenvalue weighted by molar-refractivity contribution is 4.83. The van der Waals surface area contributed by atoms with Crippen LogP contribution >= 0.6 is 0 Å². The minimum Gasteiger partial charge on any atom is -0.317 e. The smallest absolute Gasteiger partial charge is 0.00959 e. The first-order valence-electron chi connectivity index (χ1n) is 6.12. The van der Waals surface area contributed by atoms with Crippen LogP contribution < -0.4 is 5.32 Å². The van der Waals surface area contributed by atoms with E-state index in [2.05, 4.69) is 38.0 Å². The third kappa shape index (κ3) is 2.96. The first-order valence-corrected chi connectivity index (χ1v) is 6.12. The Bertz CT molecular complexity index is 158. The quantitative estimate of drug-likeness (QED) is 0.729. The van der Waals surface area contributed by atoms with E-state index in [0.717, 1.165) is 12.1 Å². The maximum absolute atomic E-state index is 3.33. The maximum Gasteiger partial charge on any atom is 0.00959 e. The van der Waals surface area contributed by atoms with Crippen molar-refractivity contribution >= 4 is 0 Å². The van der Waals surface area contributed by atoms with Crippen molar-refractivity contribution in [2.45, 2.75) is 64.6 Å². The third-order valence-corrected chi connectivity index (χ3v) is 3.65. The molecule has 0 spiro atoms. The van der Waals surface area contributed by atoms with Crippen molar-refractivity contribution in [3.63, 3.8) is 0 Å². The van der Waals surface area contributed by atoms with Gasteiger partial charge in [0.2, 0.25) is 0 Å². The fraction of sp³-hybridized carbons (Fsp3) is 1.00. The van der Waals surface area contributed by atoms with Crippen molar-refractivity contribution in [3.8, 4) is 0 Å². The fourth-order valence-corrected chi connectivity index (χ4v) is 2.64. The molecule has 0 bridgehead atoms. The number of nitrogens with zero attached hydrogens (tertiary/aromatic N) is 1. The van der Waals surface area contributed by atoms with Gasteiger partial charge in [-0.25, -0.2) is 0 Å². The standard InChI is InChI=1S/C12H26N2/c1-5-12-7-6-8-14(12)11(3)9-10(2)13-4/h10-13H,5-9H2,1-4H3. The second-order valence-corrected chi connectivity index (χ2v) is 4.72. The molecule has 2 nitrogen and oxygen atoms in total. The zero-order chi connectivity index (χ0) is 10.6. The van der Waals surface area contributed by atoms with E-state index in [1.807, 2.05) is 0 Å². The van der Waals surface area contributed by atoms with Crippen molar-refractivity contribution in [2.75, 3.05) is 13.6 Å². The van der Waals surface area contributed by atoms with Crippen molar-refractivity contribution in [1.82, 2.24) is 10.2 Å². The van der Waals surface area contributed by atoms with Crippen LogP contribution in [0.1, 0.15) is 46.5 Å². The summed E-state index contributed by atoms with van der Waals surface area (Å²) in [5.41, 5.74) is 0. The Labute approximate surface area is 89.1 Å². The molecule has 2 heteroatoms. The van der Waals surface area contributed by atoms with Crippen LogP contribution in [0, 0.1) is 0 Å². The molecule has 1 saturated heterocycles. The van der Waals surface area contributed by atoms with Gasteiger partial charge in [0, 0.05) is 18.1 Å². The van der Waals surface area contributed by atoms with E-state index in [-0.39, 0.29) is 0 Å². The summed E-state index contributed by atoms with van der Waals surface area (Å²) in [5, 5.41) is 3.33. The summed E-state index contributed by atoms with van der Waals surface area (Å²) in [6.07, 6.45) is 5.40. The number of hydrogen-bond acceptors (Lipinski definition) is 2. The summed E-state index contributed by atoms with van der Waals surface area (Å²) >= 11 is 0. The molecule has 1 N–H and O–H groups in total. The van der Waals surface area contributed by atoms with Crippen LogP contribution in [0.15, 0.2) is 0 Å². The van der Waals surface area contributed by atoms with Crippen LogP contribution in [-0.4, -0.2) is 36.6 Å². The van der Waals surface area contributed by atoms with Gasteiger partial charge in [0.15, 0.2) is 0 Å². The topological polar surface area (TPSA) is 15.3 Å². The van der Waals surface area contributed by atoms with Crippen LogP contribution in [0.3, 0.4) is 0 Å². The van der Waals surface area contributed by atoms with Crippen molar-refractivity contribution in [3.05, 3.63) is 0 Å². The predicted molar refractivity (Wildman–Crippen MR) is 62.6 cm³/mol. The lowest BCUT2D eigenvalue weighted by Gasteiger charge is -2.31. The number of rotatable bonds is 5. The molecule has 14 heavy (non-hydrogen) atoms. The van der Waals surface area contributed by atoms with Gasteiger partial charge in [-0.15, -0.1) is 0 Å². The monoisotopic (exact) mass is 198 g/mol. The van der Waals surface area contributed by atoms with E-state index in [0.29, 0.717) is 6.04 Å². The predicted octanol–water partition coefficient (Wildman–Crippen LogP) is 2.25. The number of nitrogens with one attached hydrogen (secondary N) is 1. The van der Waals surface area contributed by atoms with E-state index >= 15 is 0 Å². The van der Waals surface area contributed by atoms with Gasteiger partial charge in [0.1, 0.15) is 0 Å². The van der Waals surface area contributed by atoms with Gasteiger partial charge in [-0.3, -0.25) is 4.90 Å². The zero-order valence-electron chi connectivity index (χ0n) is 10.2. The van der Waals surface area contributed by atoms with Crippen LogP contribution in [0.4, 0.5) is 0 Å². The van der Waals surface area contributed by atoms with Gasteiger partial charge in [0.25, 0.3) is 0 Å². The summed E-state index contributed by atoms with van der Waals surface area (Å²) < 4.78 is 0. The van der Waals surface area contributed by atoms with Crippen molar-refractivity contribution < 1.29 is 0 Å². The Balaban J connectivity index is 2.38. The molecule has 0 saturated carbocycles. The molecule has 1 aliphatic heterocycles. The molecule has 3 unspecified atom stereocenters. The van der Waals surface area contributed by atoms with Gasteiger partial charge in [-0.05, 0) is 53.1 Å². The average molecular weight is 198 g/mol. The normalized spacial score (nSPS) is 27.9. The summed E-state index contributed by atoms with van der Waals surface area (Å²) in [4.78, 5) is 2.70. The van der Waals surface area contributed by atoms with Gasteiger partial charge >= 0.3 is 0 Å². The summed E-state index contributed by atoms with van der Waals surface area (Å²) in [6.45, 7) is 8.28. The minimum atomic E-state index is 0.642. The molecule has 1 aliphatic rings. The van der Waals surface area contributed by atoms with E-state index in [9.17, 15) is 0 Å². The molecule has 1 heterocycles. The highest BCUT2D eigenvalue weighted by Gasteiger charge is 2.27. The lowest BCUT2D eigenvalue weighted by atomic mass is 10.1. The molecule has 0 radical (unpaired) electrons.